The molecule has 0 aliphatic heterocycles. The molecular weight excluding hydrogens is 384 g/mol. The maximum absolute atomic E-state index is 12.9. The van der Waals surface area contributed by atoms with Crippen LogP contribution >= 0.6 is 0 Å². The fourth-order valence-electron chi connectivity index (χ4n) is 2.76. The number of nitrogens with two attached hydrogens (primary N) is 1. The molecular formula is C23H20N2O5. The number of amides is 2. The van der Waals surface area contributed by atoms with Crippen LogP contribution < -0.4 is 15.8 Å². The van der Waals surface area contributed by atoms with Gasteiger partial charge in [0.25, 0.3) is 5.91 Å². The maximum atomic E-state index is 12.9. The quantitative estimate of drug-likeness (QED) is 0.587. The fourth-order valence-corrected chi connectivity index (χ4v) is 2.76. The van der Waals surface area contributed by atoms with E-state index >= 15 is 0 Å². The van der Waals surface area contributed by atoms with Crippen molar-refractivity contribution in [2.75, 3.05) is 12.4 Å². The molecule has 3 rings (SSSR count). The van der Waals surface area contributed by atoms with E-state index < -0.39 is 23.9 Å². The molecule has 0 fully saturated rings. The summed E-state index contributed by atoms with van der Waals surface area (Å²) in [6.07, 6.45) is -1.18. The molecule has 3 aromatic carbocycles. The summed E-state index contributed by atoms with van der Waals surface area (Å²) < 4.78 is 10.7. The Kier molecular flexibility index (Phi) is 6.44. The number of methoxy groups -OCH3 is 1. The normalized spacial score (nSPS) is 11.2. The highest BCUT2D eigenvalue weighted by Crippen LogP contribution is 2.23. The van der Waals surface area contributed by atoms with Gasteiger partial charge in [0, 0.05) is 22.9 Å². The summed E-state index contributed by atoms with van der Waals surface area (Å²) in [5.41, 5.74) is 6.68. The summed E-state index contributed by atoms with van der Waals surface area (Å²) in [7, 11) is 1.53. The molecule has 30 heavy (non-hydrogen) atoms. The summed E-state index contributed by atoms with van der Waals surface area (Å²) >= 11 is 0. The monoisotopic (exact) mass is 404 g/mol. The Morgan fingerprint density at radius 3 is 2.17 bits per heavy atom. The van der Waals surface area contributed by atoms with E-state index in [1.165, 1.54) is 31.4 Å². The number of esters is 1. The van der Waals surface area contributed by atoms with E-state index in [1.54, 1.807) is 54.6 Å². The van der Waals surface area contributed by atoms with Gasteiger partial charge in [-0.2, -0.15) is 0 Å². The van der Waals surface area contributed by atoms with Crippen molar-refractivity contribution in [3.8, 4) is 5.75 Å². The Bertz CT molecular complexity index is 1050. The number of hydrogen-bond donors (Lipinski definition) is 2. The Morgan fingerprint density at radius 2 is 1.53 bits per heavy atom. The molecule has 7 nitrogen and oxygen atoms in total. The summed E-state index contributed by atoms with van der Waals surface area (Å²) in [5.74, 6) is -1.25. The van der Waals surface area contributed by atoms with Crippen molar-refractivity contribution < 1.29 is 23.9 Å². The molecule has 0 saturated heterocycles. The topological polar surface area (TPSA) is 108 Å². The number of primary amides is 1. The molecule has 2 amide bonds. The lowest BCUT2D eigenvalue weighted by Gasteiger charge is -2.18. The van der Waals surface area contributed by atoms with Crippen LogP contribution in [0.1, 0.15) is 32.4 Å². The number of benzene rings is 3. The molecule has 3 N–H and O–H groups in total. The molecule has 1 unspecified atom stereocenters. The summed E-state index contributed by atoms with van der Waals surface area (Å²) in [5, 5.41) is 2.74. The first-order chi connectivity index (χ1) is 14.5. The minimum absolute atomic E-state index is 0.190. The molecule has 0 aliphatic rings. The van der Waals surface area contributed by atoms with Crippen molar-refractivity contribution in [1.82, 2.24) is 0 Å². The van der Waals surface area contributed by atoms with Gasteiger partial charge in [-0.3, -0.25) is 9.59 Å². The molecule has 0 bridgehead atoms. The molecule has 0 radical (unpaired) electrons. The average Bonchev–Trinajstić information content (AvgIpc) is 2.78. The van der Waals surface area contributed by atoms with E-state index in [0.717, 1.165) is 0 Å². The van der Waals surface area contributed by atoms with Crippen molar-refractivity contribution in [3.63, 3.8) is 0 Å². The Balaban J connectivity index is 1.82. The number of carbonyl (C=O) groups excluding carboxylic acids is 3. The predicted molar refractivity (Wildman–Crippen MR) is 111 cm³/mol. The van der Waals surface area contributed by atoms with Crippen molar-refractivity contribution in [1.29, 1.82) is 0 Å². The number of rotatable bonds is 7. The molecule has 0 aromatic heterocycles. The van der Waals surface area contributed by atoms with Crippen molar-refractivity contribution in [3.05, 3.63) is 95.6 Å². The Hall–Kier alpha value is -4.13. The summed E-state index contributed by atoms with van der Waals surface area (Å²) in [6, 6.07) is 21.2. The summed E-state index contributed by atoms with van der Waals surface area (Å²) in [6.45, 7) is 0. The lowest BCUT2D eigenvalue weighted by molar-refractivity contribution is -0.125. The van der Waals surface area contributed by atoms with Gasteiger partial charge in [0.1, 0.15) is 5.75 Å². The first kappa shape index (κ1) is 20.6. The largest absolute Gasteiger partial charge is 0.497 e. The maximum Gasteiger partial charge on any atom is 0.339 e. The minimum atomic E-state index is -1.18. The lowest BCUT2D eigenvalue weighted by Crippen LogP contribution is -2.26. The molecule has 1 atom stereocenters. The highest BCUT2D eigenvalue weighted by atomic mass is 16.5. The van der Waals surface area contributed by atoms with Gasteiger partial charge in [0.05, 0.1) is 12.7 Å². The lowest BCUT2D eigenvalue weighted by atomic mass is 10.1. The number of ether oxygens (including phenoxy) is 2. The molecule has 7 heteroatoms. The van der Waals surface area contributed by atoms with Gasteiger partial charge in [0.2, 0.25) is 12.0 Å². The van der Waals surface area contributed by atoms with E-state index in [0.29, 0.717) is 17.0 Å². The first-order valence-corrected chi connectivity index (χ1v) is 9.08. The van der Waals surface area contributed by atoms with Gasteiger partial charge < -0.3 is 20.5 Å². The van der Waals surface area contributed by atoms with Crippen LogP contribution in [0.15, 0.2) is 78.9 Å². The number of hydrogen-bond acceptors (Lipinski definition) is 5. The van der Waals surface area contributed by atoms with E-state index in [4.69, 9.17) is 15.2 Å². The van der Waals surface area contributed by atoms with Crippen molar-refractivity contribution >= 4 is 23.5 Å². The highest BCUT2D eigenvalue weighted by Gasteiger charge is 2.26. The molecule has 0 saturated carbocycles. The van der Waals surface area contributed by atoms with Gasteiger partial charge in [-0.15, -0.1) is 0 Å². The second kappa shape index (κ2) is 9.38. The van der Waals surface area contributed by atoms with Crippen LogP contribution in [0.4, 0.5) is 5.69 Å². The van der Waals surface area contributed by atoms with E-state index in [2.05, 4.69) is 5.32 Å². The van der Waals surface area contributed by atoms with Crippen LogP contribution in [0.5, 0.6) is 5.75 Å². The fraction of sp³-hybridized carbons (Fsp3) is 0.0870. The Morgan fingerprint density at radius 1 is 0.867 bits per heavy atom. The zero-order valence-corrected chi connectivity index (χ0v) is 16.2. The minimum Gasteiger partial charge on any atom is -0.497 e. The van der Waals surface area contributed by atoms with Crippen LogP contribution in [0, 0.1) is 0 Å². The van der Waals surface area contributed by atoms with Crippen LogP contribution in [-0.4, -0.2) is 24.9 Å². The van der Waals surface area contributed by atoms with Crippen LogP contribution in [-0.2, 0) is 9.53 Å². The molecule has 0 heterocycles. The molecule has 3 aromatic rings. The molecule has 0 aliphatic carbocycles. The number of anilines is 1. The summed E-state index contributed by atoms with van der Waals surface area (Å²) in [4.78, 5) is 36.8. The second-order valence-corrected chi connectivity index (χ2v) is 6.36. The van der Waals surface area contributed by atoms with E-state index in [1.807, 2.05) is 0 Å². The molecule has 0 spiro atoms. The highest BCUT2D eigenvalue weighted by molar-refractivity contribution is 5.99. The number of nitrogens with one attached hydrogen (secondary N) is 1. The first-order valence-electron chi connectivity index (χ1n) is 9.08. The van der Waals surface area contributed by atoms with Gasteiger partial charge in [-0.25, -0.2) is 4.79 Å². The zero-order valence-electron chi connectivity index (χ0n) is 16.2. The van der Waals surface area contributed by atoms with E-state index in [9.17, 15) is 14.4 Å². The Labute approximate surface area is 173 Å². The van der Waals surface area contributed by atoms with Crippen LogP contribution in [0.3, 0.4) is 0 Å². The zero-order chi connectivity index (χ0) is 21.5. The third-order valence-electron chi connectivity index (χ3n) is 4.31. The van der Waals surface area contributed by atoms with Gasteiger partial charge in [-0.05, 0) is 36.4 Å². The number of carbonyl (C=O) groups is 3. The standard InChI is InChI=1S/C23H20N2O5/c1-29-19-9-5-8-18(14-19)25-22(27)20(15-6-3-2-4-7-15)30-23(28)17-12-10-16(11-13-17)21(24)26/h2-14,20H,1H3,(H2,24,26)(H,25,27). The average molecular weight is 404 g/mol. The van der Waals surface area contributed by atoms with Crippen LogP contribution in [0.2, 0.25) is 0 Å². The van der Waals surface area contributed by atoms with Crippen molar-refractivity contribution in [2.45, 2.75) is 6.10 Å². The smallest absolute Gasteiger partial charge is 0.339 e. The third-order valence-corrected chi connectivity index (χ3v) is 4.31. The SMILES string of the molecule is COc1cccc(NC(=O)C(OC(=O)c2ccc(C(N)=O)cc2)c2ccccc2)c1. The van der Waals surface area contributed by atoms with Gasteiger partial charge in [-0.1, -0.05) is 36.4 Å². The van der Waals surface area contributed by atoms with Crippen molar-refractivity contribution in [2.24, 2.45) is 5.73 Å². The predicted octanol–water partition coefficient (Wildman–Crippen LogP) is 3.33. The molecule has 152 valence electrons. The third kappa shape index (κ3) is 5.02. The van der Waals surface area contributed by atoms with E-state index in [-0.39, 0.29) is 11.1 Å². The van der Waals surface area contributed by atoms with Gasteiger partial charge in [0.15, 0.2) is 0 Å². The second-order valence-electron chi connectivity index (χ2n) is 6.36. The van der Waals surface area contributed by atoms with Gasteiger partial charge >= 0.3 is 5.97 Å². The van der Waals surface area contributed by atoms with Crippen LogP contribution in [0.25, 0.3) is 0 Å².